The summed E-state index contributed by atoms with van der Waals surface area (Å²) in [5.41, 5.74) is 0.812. The van der Waals surface area contributed by atoms with E-state index in [1.54, 1.807) is 42.5 Å². The first-order chi connectivity index (χ1) is 8.63. The summed E-state index contributed by atoms with van der Waals surface area (Å²) in [5.74, 6) is 0.414. The molecule has 0 bridgehead atoms. The number of hydrogen-bond acceptors (Lipinski definition) is 3. The zero-order valence-electron chi connectivity index (χ0n) is 9.43. The van der Waals surface area contributed by atoms with Crippen molar-refractivity contribution in [1.82, 2.24) is 4.98 Å². The number of phenolic OH excluding ortho intramolecular Hbond substituents is 1. The van der Waals surface area contributed by atoms with Crippen LogP contribution in [0.2, 0.25) is 5.15 Å². The van der Waals surface area contributed by atoms with E-state index in [-0.39, 0.29) is 18.1 Å². The number of carbonyl (C=O) groups is 1. The number of aromatic nitrogens is 1. The standard InChI is InChI=1S/C13H11ClN2O2/c14-11-2-1-3-12(15-11)16-13(18)8-9-4-6-10(17)7-5-9/h1-7,17H,8H2,(H,15,16,18). The molecular formula is C13H11ClN2O2. The van der Waals surface area contributed by atoms with E-state index in [1.165, 1.54) is 0 Å². The summed E-state index contributed by atoms with van der Waals surface area (Å²) in [6.45, 7) is 0. The minimum atomic E-state index is -0.185. The van der Waals surface area contributed by atoms with Gasteiger partial charge in [-0.1, -0.05) is 29.8 Å². The Morgan fingerprint density at radius 3 is 2.61 bits per heavy atom. The fourth-order valence-electron chi connectivity index (χ4n) is 1.46. The van der Waals surface area contributed by atoms with Gasteiger partial charge in [0.25, 0.3) is 0 Å². The smallest absolute Gasteiger partial charge is 0.229 e. The number of benzene rings is 1. The number of rotatable bonds is 3. The maximum Gasteiger partial charge on any atom is 0.229 e. The minimum absolute atomic E-state index is 0.177. The van der Waals surface area contributed by atoms with E-state index in [2.05, 4.69) is 10.3 Å². The fourth-order valence-corrected chi connectivity index (χ4v) is 1.63. The van der Waals surface area contributed by atoms with E-state index in [0.717, 1.165) is 5.56 Å². The van der Waals surface area contributed by atoms with Gasteiger partial charge in [-0.15, -0.1) is 0 Å². The molecule has 0 aliphatic rings. The Hall–Kier alpha value is -2.07. The van der Waals surface area contributed by atoms with Crippen molar-refractivity contribution in [1.29, 1.82) is 0 Å². The molecule has 1 heterocycles. The van der Waals surface area contributed by atoms with Crippen molar-refractivity contribution in [2.75, 3.05) is 5.32 Å². The zero-order chi connectivity index (χ0) is 13.0. The van der Waals surface area contributed by atoms with Crippen LogP contribution in [0.4, 0.5) is 5.82 Å². The summed E-state index contributed by atoms with van der Waals surface area (Å²) >= 11 is 5.72. The van der Waals surface area contributed by atoms with E-state index < -0.39 is 0 Å². The number of carbonyl (C=O) groups excluding carboxylic acids is 1. The van der Waals surface area contributed by atoms with Crippen LogP contribution in [0, 0.1) is 0 Å². The van der Waals surface area contributed by atoms with Gasteiger partial charge in [-0.3, -0.25) is 4.79 Å². The van der Waals surface area contributed by atoms with Crippen LogP contribution in [-0.2, 0) is 11.2 Å². The first-order valence-electron chi connectivity index (χ1n) is 5.34. The molecule has 1 aromatic carbocycles. The van der Waals surface area contributed by atoms with Crippen LogP contribution < -0.4 is 5.32 Å². The van der Waals surface area contributed by atoms with E-state index in [4.69, 9.17) is 16.7 Å². The first kappa shape index (κ1) is 12.4. The largest absolute Gasteiger partial charge is 0.508 e. The van der Waals surface area contributed by atoms with Gasteiger partial charge in [0.05, 0.1) is 6.42 Å². The molecule has 2 rings (SSSR count). The highest BCUT2D eigenvalue weighted by Gasteiger charge is 2.05. The second kappa shape index (κ2) is 5.51. The molecular weight excluding hydrogens is 252 g/mol. The number of anilines is 1. The van der Waals surface area contributed by atoms with Crippen LogP contribution in [0.5, 0.6) is 5.75 Å². The number of hydrogen-bond donors (Lipinski definition) is 2. The van der Waals surface area contributed by atoms with Crippen molar-refractivity contribution in [3.8, 4) is 5.75 Å². The molecule has 5 heteroatoms. The van der Waals surface area contributed by atoms with Crippen molar-refractivity contribution in [2.45, 2.75) is 6.42 Å². The molecule has 18 heavy (non-hydrogen) atoms. The Balaban J connectivity index is 1.98. The lowest BCUT2D eigenvalue weighted by Crippen LogP contribution is -2.15. The Morgan fingerprint density at radius 2 is 1.94 bits per heavy atom. The molecule has 0 saturated carbocycles. The average molecular weight is 263 g/mol. The number of halogens is 1. The third-order valence-corrected chi connectivity index (χ3v) is 2.49. The first-order valence-corrected chi connectivity index (χ1v) is 5.71. The van der Waals surface area contributed by atoms with Crippen molar-refractivity contribution in [2.24, 2.45) is 0 Å². The molecule has 0 atom stereocenters. The van der Waals surface area contributed by atoms with Crippen molar-refractivity contribution < 1.29 is 9.90 Å². The molecule has 0 spiro atoms. The van der Waals surface area contributed by atoms with E-state index >= 15 is 0 Å². The lowest BCUT2D eigenvalue weighted by Gasteiger charge is -2.04. The number of amides is 1. The SMILES string of the molecule is O=C(Cc1ccc(O)cc1)Nc1cccc(Cl)n1. The molecule has 0 radical (unpaired) electrons. The predicted octanol–water partition coefficient (Wildman–Crippen LogP) is 2.62. The third kappa shape index (κ3) is 3.46. The summed E-state index contributed by atoms with van der Waals surface area (Å²) < 4.78 is 0. The highest BCUT2D eigenvalue weighted by molar-refractivity contribution is 6.29. The fraction of sp³-hybridized carbons (Fsp3) is 0.0769. The van der Waals surface area contributed by atoms with Crippen LogP contribution in [0.1, 0.15) is 5.56 Å². The minimum Gasteiger partial charge on any atom is -0.508 e. The van der Waals surface area contributed by atoms with Crippen LogP contribution in [0.3, 0.4) is 0 Å². The number of phenols is 1. The number of pyridine rings is 1. The zero-order valence-corrected chi connectivity index (χ0v) is 10.2. The Labute approximate surface area is 109 Å². The molecule has 0 unspecified atom stereocenters. The van der Waals surface area contributed by atoms with Gasteiger partial charge in [-0.25, -0.2) is 4.98 Å². The molecule has 1 amide bonds. The summed E-state index contributed by atoms with van der Waals surface area (Å²) in [6.07, 6.45) is 0.217. The van der Waals surface area contributed by atoms with Gasteiger partial charge in [0.15, 0.2) is 0 Å². The molecule has 2 aromatic rings. The monoisotopic (exact) mass is 262 g/mol. The maximum atomic E-state index is 11.7. The lowest BCUT2D eigenvalue weighted by molar-refractivity contribution is -0.115. The average Bonchev–Trinajstić information content (AvgIpc) is 2.32. The van der Waals surface area contributed by atoms with Crippen LogP contribution in [0.15, 0.2) is 42.5 Å². The maximum absolute atomic E-state index is 11.7. The van der Waals surface area contributed by atoms with Gasteiger partial charge in [0.2, 0.25) is 5.91 Å². The quantitative estimate of drug-likeness (QED) is 0.836. The molecule has 1 aromatic heterocycles. The van der Waals surface area contributed by atoms with Crippen molar-refractivity contribution >= 4 is 23.3 Å². The number of nitrogens with zero attached hydrogens (tertiary/aromatic N) is 1. The molecule has 0 aliphatic carbocycles. The van der Waals surface area contributed by atoms with Crippen molar-refractivity contribution in [3.63, 3.8) is 0 Å². The summed E-state index contributed by atoms with van der Waals surface area (Å²) in [5, 5.41) is 12.1. The van der Waals surface area contributed by atoms with Gasteiger partial charge in [-0.05, 0) is 29.8 Å². The van der Waals surface area contributed by atoms with Gasteiger partial charge in [-0.2, -0.15) is 0 Å². The summed E-state index contributed by atoms with van der Waals surface area (Å²) in [6, 6.07) is 11.5. The normalized spacial score (nSPS) is 10.1. The lowest BCUT2D eigenvalue weighted by atomic mass is 10.1. The van der Waals surface area contributed by atoms with E-state index in [0.29, 0.717) is 11.0 Å². The molecule has 0 aliphatic heterocycles. The predicted molar refractivity (Wildman–Crippen MR) is 69.7 cm³/mol. The van der Waals surface area contributed by atoms with Crippen LogP contribution >= 0.6 is 11.6 Å². The van der Waals surface area contributed by atoms with Crippen LogP contribution in [0.25, 0.3) is 0 Å². The second-order valence-electron chi connectivity index (χ2n) is 3.74. The Kier molecular flexibility index (Phi) is 3.79. The molecule has 0 saturated heterocycles. The van der Waals surface area contributed by atoms with Gasteiger partial charge < -0.3 is 10.4 Å². The topological polar surface area (TPSA) is 62.2 Å². The van der Waals surface area contributed by atoms with Gasteiger partial charge >= 0.3 is 0 Å². The van der Waals surface area contributed by atoms with E-state index in [1.807, 2.05) is 0 Å². The Bertz CT molecular complexity index is 555. The van der Waals surface area contributed by atoms with Gasteiger partial charge in [0.1, 0.15) is 16.7 Å². The highest BCUT2D eigenvalue weighted by Crippen LogP contribution is 2.12. The molecule has 0 fully saturated rings. The molecule has 2 N–H and O–H groups in total. The molecule has 92 valence electrons. The third-order valence-electron chi connectivity index (χ3n) is 2.28. The number of aromatic hydroxyl groups is 1. The van der Waals surface area contributed by atoms with E-state index in [9.17, 15) is 4.79 Å². The molecule has 4 nitrogen and oxygen atoms in total. The summed E-state index contributed by atoms with van der Waals surface area (Å²) in [7, 11) is 0. The Morgan fingerprint density at radius 1 is 1.22 bits per heavy atom. The highest BCUT2D eigenvalue weighted by atomic mass is 35.5. The van der Waals surface area contributed by atoms with Crippen molar-refractivity contribution in [3.05, 3.63) is 53.2 Å². The summed E-state index contributed by atoms with van der Waals surface area (Å²) in [4.78, 5) is 15.7. The van der Waals surface area contributed by atoms with Gasteiger partial charge in [0, 0.05) is 0 Å². The second-order valence-corrected chi connectivity index (χ2v) is 4.12. The van der Waals surface area contributed by atoms with Crippen LogP contribution in [-0.4, -0.2) is 16.0 Å². The number of nitrogens with one attached hydrogen (secondary N) is 1.